The maximum absolute atomic E-state index is 14.2. The fourth-order valence-corrected chi connectivity index (χ4v) is 8.82. The number of hydrogen-bond donors (Lipinski definition) is 16. The molecule has 0 aliphatic heterocycles. The van der Waals surface area contributed by atoms with Crippen LogP contribution in [0.5, 0.6) is 0 Å². The predicted molar refractivity (Wildman–Crippen MR) is 315 cm³/mol. The first kappa shape index (κ1) is 73.5. The number of imidazole rings is 1. The summed E-state index contributed by atoms with van der Waals surface area (Å²) >= 11 is 0. The number of carboxylic acids is 1. The second-order valence-corrected chi connectivity index (χ2v) is 22.5. The number of benzene rings is 1. The lowest BCUT2D eigenvalue weighted by atomic mass is 9.97. The SMILES string of the molecule is CC[C@H](C)[C@H](N)C(=O)N[C@H](C(=O)N[C@@H](Cc1cnc[nH]1)C(=O)N[C@@H](CCC(N)=O)C(=O)N[C@H](C(=O)N[C@@H](CO)C(=O)N[C@@H](CCCCN)C(=O)N[C@@H](CC(C)C)C(=O)N[C@@H](Cc1ccccc1)C(=O)N[C@@H](CCCCN)C(=O)O)C(C)C)C(C)C. The third-order valence-electron chi connectivity index (χ3n) is 14.2. The minimum atomic E-state index is -1.73. The molecule has 10 amide bonds. The summed E-state index contributed by atoms with van der Waals surface area (Å²) in [4.78, 5) is 157. The predicted octanol–water partition coefficient (Wildman–Crippen LogP) is -2.11. The van der Waals surface area contributed by atoms with Crippen LogP contribution in [-0.4, -0.2) is 165 Å². The second kappa shape index (κ2) is 38.4. The van der Waals surface area contributed by atoms with Gasteiger partial charge >= 0.3 is 5.97 Å². The van der Waals surface area contributed by atoms with Gasteiger partial charge in [-0.25, -0.2) is 9.78 Å². The summed E-state index contributed by atoms with van der Waals surface area (Å²) in [5.74, 6) is -11.3. The van der Waals surface area contributed by atoms with Gasteiger partial charge in [-0.1, -0.05) is 92.1 Å². The number of aliphatic hydroxyl groups excluding tert-OH is 1. The first-order valence-electron chi connectivity index (χ1n) is 29.2. The molecule has 2 rings (SSSR count). The molecule has 0 radical (unpaired) electrons. The van der Waals surface area contributed by atoms with Crippen molar-refractivity contribution in [1.82, 2.24) is 57.8 Å². The quantitative estimate of drug-likeness (QED) is 0.0317. The number of H-pyrrole nitrogens is 1. The molecule has 1 aromatic carbocycles. The Balaban J connectivity index is 2.40. The van der Waals surface area contributed by atoms with Gasteiger partial charge in [0.1, 0.15) is 54.4 Å². The average molecular weight is 1200 g/mol. The highest BCUT2D eigenvalue weighted by molar-refractivity contribution is 5.99. The normalized spacial score (nSPS) is 15.2. The maximum Gasteiger partial charge on any atom is 0.326 e. The van der Waals surface area contributed by atoms with Crippen LogP contribution in [0.2, 0.25) is 0 Å². The summed E-state index contributed by atoms with van der Waals surface area (Å²) in [6.45, 7) is 13.3. The van der Waals surface area contributed by atoms with Crippen LogP contribution in [0.4, 0.5) is 0 Å². The fraction of sp³-hybridized carbons (Fsp3) is 0.649. The Morgan fingerprint density at radius 2 is 0.976 bits per heavy atom. The molecule has 0 aliphatic rings. The Bertz CT molecular complexity index is 2470. The molecular formula is C57H95N15O13. The molecule has 20 N–H and O–H groups in total. The molecule has 28 nitrogen and oxygen atoms in total. The molecule has 0 spiro atoms. The Labute approximate surface area is 497 Å². The zero-order valence-electron chi connectivity index (χ0n) is 50.4. The minimum absolute atomic E-state index is 0.0197. The lowest BCUT2D eigenvalue weighted by molar-refractivity contribution is -0.142. The van der Waals surface area contributed by atoms with Gasteiger partial charge in [-0.15, -0.1) is 0 Å². The molecule has 85 heavy (non-hydrogen) atoms. The highest BCUT2D eigenvalue weighted by Gasteiger charge is 2.37. The number of aliphatic carboxylic acids is 1. The lowest BCUT2D eigenvalue weighted by Gasteiger charge is -2.29. The van der Waals surface area contributed by atoms with Crippen LogP contribution < -0.4 is 70.8 Å². The lowest BCUT2D eigenvalue weighted by Crippen LogP contribution is -2.62. The monoisotopic (exact) mass is 1200 g/mol. The zero-order chi connectivity index (χ0) is 63.9. The van der Waals surface area contributed by atoms with E-state index in [1.54, 1.807) is 78.8 Å². The number of aromatic amines is 1. The second-order valence-electron chi connectivity index (χ2n) is 22.5. The highest BCUT2D eigenvalue weighted by atomic mass is 16.4. The molecule has 0 bridgehead atoms. The summed E-state index contributed by atoms with van der Waals surface area (Å²) in [5, 5.41) is 43.8. The number of rotatable bonds is 41. The molecule has 0 saturated heterocycles. The zero-order valence-corrected chi connectivity index (χ0v) is 50.4. The number of carbonyl (C=O) groups excluding carboxylic acids is 10. The van der Waals surface area contributed by atoms with Crippen LogP contribution >= 0.6 is 0 Å². The van der Waals surface area contributed by atoms with Gasteiger partial charge in [0.15, 0.2) is 0 Å². The van der Waals surface area contributed by atoms with Gasteiger partial charge in [-0.2, -0.15) is 0 Å². The van der Waals surface area contributed by atoms with Crippen molar-refractivity contribution in [2.45, 2.75) is 193 Å². The molecular weight excluding hydrogens is 1100 g/mol. The van der Waals surface area contributed by atoms with Crippen molar-refractivity contribution in [3.8, 4) is 0 Å². The number of nitrogens with one attached hydrogen (secondary N) is 10. The van der Waals surface area contributed by atoms with Crippen LogP contribution in [0.3, 0.4) is 0 Å². The largest absolute Gasteiger partial charge is 0.480 e. The number of nitrogens with two attached hydrogens (primary N) is 4. The smallest absolute Gasteiger partial charge is 0.326 e. The van der Waals surface area contributed by atoms with E-state index in [-0.39, 0.29) is 56.9 Å². The molecule has 2 aromatic rings. The van der Waals surface area contributed by atoms with Crippen LogP contribution in [0.15, 0.2) is 42.9 Å². The van der Waals surface area contributed by atoms with E-state index in [2.05, 4.69) is 57.8 Å². The van der Waals surface area contributed by atoms with E-state index in [0.29, 0.717) is 49.9 Å². The molecule has 476 valence electrons. The van der Waals surface area contributed by atoms with Gasteiger partial charge in [-0.3, -0.25) is 47.9 Å². The van der Waals surface area contributed by atoms with E-state index in [9.17, 15) is 63.0 Å². The molecule has 1 aromatic heterocycles. The van der Waals surface area contributed by atoms with Crippen molar-refractivity contribution in [3.63, 3.8) is 0 Å². The molecule has 1 heterocycles. The van der Waals surface area contributed by atoms with Crippen LogP contribution in [0, 0.1) is 23.7 Å². The number of carbonyl (C=O) groups is 11. The number of amides is 10. The van der Waals surface area contributed by atoms with Gasteiger partial charge in [0.05, 0.1) is 19.0 Å². The molecule has 11 atom stereocenters. The molecule has 0 fully saturated rings. The summed E-state index contributed by atoms with van der Waals surface area (Å²) < 4.78 is 0. The van der Waals surface area contributed by atoms with Crippen molar-refractivity contribution in [3.05, 3.63) is 54.1 Å². The average Bonchev–Trinajstić information content (AvgIpc) is 4.17. The van der Waals surface area contributed by atoms with Gasteiger partial charge < -0.3 is 86.0 Å². The van der Waals surface area contributed by atoms with E-state index in [1.165, 1.54) is 12.5 Å². The number of carboxylic acid groups (broad SMARTS) is 1. The van der Waals surface area contributed by atoms with Crippen molar-refractivity contribution in [2.75, 3.05) is 19.7 Å². The topological polar surface area (TPSA) is 469 Å². The van der Waals surface area contributed by atoms with Crippen molar-refractivity contribution >= 4 is 65.0 Å². The Hall–Kier alpha value is -7.56. The third-order valence-corrected chi connectivity index (χ3v) is 14.2. The van der Waals surface area contributed by atoms with Gasteiger partial charge in [0, 0.05) is 31.2 Å². The highest BCUT2D eigenvalue weighted by Crippen LogP contribution is 2.14. The van der Waals surface area contributed by atoms with E-state index in [4.69, 9.17) is 22.9 Å². The fourth-order valence-electron chi connectivity index (χ4n) is 8.82. The summed E-state index contributed by atoms with van der Waals surface area (Å²) in [7, 11) is 0. The van der Waals surface area contributed by atoms with E-state index >= 15 is 0 Å². The third kappa shape index (κ3) is 26.5. The first-order valence-corrected chi connectivity index (χ1v) is 29.2. The molecule has 0 unspecified atom stereocenters. The summed E-state index contributed by atoms with van der Waals surface area (Å²) in [6, 6.07) is -4.76. The Morgan fingerprint density at radius 1 is 0.541 bits per heavy atom. The summed E-state index contributed by atoms with van der Waals surface area (Å²) in [6.07, 6.45) is 4.13. The number of primary amides is 1. The molecule has 0 aliphatic carbocycles. The molecule has 28 heteroatoms. The number of nitrogens with zero attached hydrogens (tertiary/aromatic N) is 1. The van der Waals surface area contributed by atoms with Crippen molar-refractivity contribution in [2.24, 2.45) is 46.6 Å². The number of hydrogen-bond acceptors (Lipinski definition) is 16. The number of aliphatic hydroxyl groups is 1. The Kier molecular flexibility index (Phi) is 33.2. The van der Waals surface area contributed by atoms with E-state index < -0.39 is 150 Å². The van der Waals surface area contributed by atoms with Crippen molar-refractivity contribution in [1.29, 1.82) is 0 Å². The number of aromatic nitrogens is 2. The first-order chi connectivity index (χ1) is 40.2. The van der Waals surface area contributed by atoms with Crippen molar-refractivity contribution < 1.29 is 63.0 Å². The standard InChI is InChI=1S/C57H95N15O13/c1-9-34(8)45(61)54(81)72-47(33(6)7)55(82)69-42(27-36-28-62-30-63-36)52(79)65-38(21-22-44(60)74)49(76)71-46(32(4)5)56(83)70-43(29-73)53(80)64-37(19-13-15-23-58)48(75)67-40(25-31(2)3)50(77)68-41(26-35-17-11-10-12-18-35)51(78)66-39(57(84)85)20-14-16-24-59/h10-12,17-18,28,30-34,37-43,45-47,73H,9,13-16,19-27,29,58-59,61H2,1-8H3,(H2,60,74)(H,62,63)(H,64,80)(H,65,79)(H,66,78)(H,67,75)(H,68,77)(H,69,82)(H,70,83)(H,71,76)(H,72,81)(H,84,85)/t34-,37-,38-,39-,40-,41-,42-,43-,45-,46-,47-/m0/s1. The molecule has 0 saturated carbocycles. The Morgan fingerprint density at radius 3 is 1.46 bits per heavy atom. The van der Waals surface area contributed by atoms with Gasteiger partial charge in [-0.05, 0) is 93.7 Å². The van der Waals surface area contributed by atoms with Crippen LogP contribution in [-0.2, 0) is 65.6 Å². The van der Waals surface area contributed by atoms with E-state index in [1.807, 2.05) is 6.92 Å². The van der Waals surface area contributed by atoms with Crippen LogP contribution in [0.1, 0.15) is 131 Å². The minimum Gasteiger partial charge on any atom is -0.480 e. The summed E-state index contributed by atoms with van der Waals surface area (Å²) in [5.41, 5.74) is 24.0. The van der Waals surface area contributed by atoms with Gasteiger partial charge in [0.25, 0.3) is 0 Å². The van der Waals surface area contributed by atoms with Crippen LogP contribution in [0.25, 0.3) is 0 Å². The maximum atomic E-state index is 14.2. The van der Waals surface area contributed by atoms with E-state index in [0.717, 1.165) is 0 Å². The number of unbranched alkanes of at least 4 members (excludes halogenated alkanes) is 2. The van der Waals surface area contributed by atoms with Gasteiger partial charge in [0.2, 0.25) is 59.1 Å².